The topological polar surface area (TPSA) is 132 Å². The molecule has 0 aliphatic carbocycles. The molecule has 3 N–H and O–H groups in total. The molecule has 0 spiro atoms. The summed E-state index contributed by atoms with van der Waals surface area (Å²) in [6, 6.07) is 15.9. The normalized spacial score (nSPS) is 10.9. The second-order valence-electron chi connectivity index (χ2n) is 7.12. The number of aryl methyl sites for hydroxylation is 1. The molecule has 0 saturated heterocycles. The number of rotatable bonds is 7. The van der Waals surface area contributed by atoms with E-state index in [1.54, 1.807) is 37.3 Å². The second-order valence-corrected chi connectivity index (χ2v) is 9.12. The van der Waals surface area contributed by atoms with Crippen molar-refractivity contribution in [3.8, 4) is 23.3 Å². The van der Waals surface area contributed by atoms with Crippen LogP contribution in [-0.2, 0) is 21.2 Å². The molecule has 0 atom stereocenters. The van der Waals surface area contributed by atoms with Gasteiger partial charge in [0.1, 0.15) is 5.75 Å². The predicted octanol–water partition coefficient (Wildman–Crippen LogP) is 4.15. The van der Waals surface area contributed by atoms with Gasteiger partial charge in [0.05, 0.1) is 30.1 Å². The average molecular weight is 486 g/mol. The van der Waals surface area contributed by atoms with Gasteiger partial charge in [0.15, 0.2) is 11.5 Å². The van der Waals surface area contributed by atoms with E-state index in [4.69, 9.17) is 31.5 Å². The summed E-state index contributed by atoms with van der Waals surface area (Å²) in [5.41, 5.74) is 2.07. The maximum atomic E-state index is 12.5. The molecule has 0 heterocycles. The summed E-state index contributed by atoms with van der Waals surface area (Å²) >= 11 is 6.02. The molecule has 33 heavy (non-hydrogen) atoms. The number of anilines is 1. The number of primary sulfonamides is 1. The number of hydrogen-bond acceptors (Lipinski definition) is 6. The van der Waals surface area contributed by atoms with Gasteiger partial charge in [0.2, 0.25) is 15.9 Å². The molecule has 10 heteroatoms. The van der Waals surface area contributed by atoms with E-state index in [1.165, 1.54) is 31.4 Å². The van der Waals surface area contributed by atoms with Crippen molar-refractivity contribution in [2.45, 2.75) is 18.2 Å². The zero-order valence-electron chi connectivity index (χ0n) is 17.8. The highest BCUT2D eigenvalue weighted by Crippen LogP contribution is 2.34. The first kappa shape index (κ1) is 24.1. The van der Waals surface area contributed by atoms with Gasteiger partial charge in [-0.25, -0.2) is 13.6 Å². The predicted molar refractivity (Wildman–Crippen MR) is 124 cm³/mol. The Labute approximate surface area is 196 Å². The molecule has 0 saturated carbocycles. The number of nitrogens with two attached hydrogens (primary N) is 1. The summed E-state index contributed by atoms with van der Waals surface area (Å²) in [4.78, 5) is 12.5. The molecule has 0 fully saturated rings. The zero-order valence-corrected chi connectivity index (χ0v) is 19.3. The van der Waals surface area contributed by atoms with Gasteiger partial charge in [-0.3, -0.25) is 4.79 Å². The van der Waals surface area contributed by atoms with Crippen LogP contribution < -0.4 is 19.9 Å². The Balaban J connectivity index is 1.74. The first-order valence-corrected chi connectivity index (χ1v) is 11.5. The number of methoxy groups -OCH3 is 1. The lowest BCUT2D eigenvalue weighted by Gasteiger charge is -2.13. The minimum atomic E-state index is -3.82. The maximum Gasteiger partial charge on any atom is 0.238 e. The van der Waals surface area contributed by atoms with Crippen LogP contribution in [0.4, 0.5) is 5.69 Å². The molecular formula is C23H20ClN3O5S. The fourth-order valence-electron chi connectivity index (χ4n) is 3.05. The molecular weight excluding hydrogens is 466 g/mol. The first-order valence-electron chi connectivity index (χ1n) is 9.58. The standard InChI is InChI=1S/C23H20ClN3O5S/c1-14-7-19(33(26,29)30)4-5-20(14)27-23(28)11-15-3-6-21(22(10-15)31-2)32-18-9-16(13-25)8-17(24)12-18/h3-10,12H,11H2,1-2H3,(H,27,28)(H2,26,29,30). The Bertz CT molecular complexity index is 1370. The molecule has 0 bridgehead atoms. The van der Waals surface area contributed by atoms with E-state index in [2.05, 4.69) is 5.32 Å². The van der Waals surface area contributed by atoms with E-state index >= 15 is 0 Å². The third-order valence-electron chi connectivity index (χ3n) is 4.62. The monoisotopic (exact) mass is 485 g/mol. The number of nitriles is 1. The molecule has 3 rings (SSSR count). The molecule has 3 aromatic rings. The number of halogens is 1. The molecule has 0 radical (unpaired) electrons. The number of carbonyl (C=O) groups is 1. The van der Waals surface area contributed by atoms with Gasteiger partial charge in [-0.2, -0.15) is 5.26 Å². The minimum Gasteiger partial charge on any atom is -0.493 e. The van der Waals surface area contributed by atoms with Gasteiger partial charge >= 0.3 is 0 Å². The lowest BCUT2D eigenvalue weighted by Crippen LogP contribution is -2.16. The van der Waals surface area contributed by atoms with Gasteiger partial charge in [0, 0.05) is 10.7 Å². The molecule has 1 amide bonds. The Morgan fingerprint density at radius 1 is 1.12 bits per heavy atom. The third kappa shape index (κ3) is 6.23. The van der Waals surface area contributed by atoms with E-state index in [9.17, 15) is 13.2 Å². The summed E-state index contributed by atoms with van der Waals surface area (Å²) in [6.45, 7) is 1.67. The van der Waals surface area contributed by atoms with E-state index in [1.807, 2.05) is 6.07 Å². The van der Waals surface area contributed by atoms with Crippen LogP contribution in [-0.4, -0.2) is 21.4 Å². The van der Waals surface area contributed by atoms with Gasteiger partial charge in [0.25, 0.3) is 0 Å². The fourth-order valence-corrected chi connectivity index (χ4v) is 3.88. The molecule has 0 aliphatic heterocycles. The number of hydrogen-bond donors (Lipinski definition) is 2. The fraction of sp³-hybridized carbons (Fsp3) is 0.130. The lowest BCUT2D eigenvalue weighted by molar-refractivity contribution is -0.115. The highest BCUT2D eigenvalue weighted by atomic mass is 35.5. The number of sulfonamides is 1. The summed E-state index contributed by atoms with van der Waals surface area (Å²) in [7, 11) is -2.35. The molecule has 3 aromatic carbocycles. The Kier molecular flexibility index (Phi) is 7.23. The molecule has 0 aliphatic rings. The van der Waals surface area contributed by atoms with Crippen molar-refractivity contribution < 1.29 is 22.7 Å². The average Bonchev–Trinajstić information content (AvgIpc) is 2.75. The van der Waals surface area contributed by atoms with Gasteiger partial charge in [-0.1, -0.05) is 17.7 Å². The first-order chi connectivity index (χ1) is 15.6. The van der Waals surface area contributed by atoms with Crippen LogP contribution in [0.15, 0.2) is 59.5 Å². The van der Waals surface area contributed by atoms with Crippen molar-refractivity contribution in [3.63, 3.8) is 0 Å². The van der Waals surface area contributed by atoms with Gasteiger partial charge < -0.3 is 14.8 Å². The second kappa shape index (κ2) is 9.92. The largest absolute Gasteiger partial charge is 0.493 e. The van der Waals surface area contributed by atoms with E-state index in [0.29, 0.717) is 44.6 Å². The number of nitrogens with zero attached hydrogens (tertiary/aromatic N) is 1. The molecule has 0 aromatic heterocycles. The van der Waals surface area contributed by atoms with Crippen molar-refractivity contribution in [1.82, 2.24) is 0 Å². The van der Waals surface area contributed by atoms with Gasteiger partial charge in [-0.05, 0) is 66.6 Å². The molecule has 8 nitrogen and oxygen atoms in total. The van der Waals surface area contributed by atoms with Crippen LogP contribution in [0.2, 0.25) is 5.02 Å². The number of nitrogens with one attached hydrogen (secondary N) is 1. The van der Waals surface area contributed by atoms with Crippen molar-refractivity contribution >= 4 is 33.2 Å². The van der Waals surface area contributed by atoms with Crippen molar-refractivity contribution in [1.29, 1.82) is 5.26 Å². The number of benzene rings is 3. The Morgan fingerprint density at radius 2 is 1.88 bits per heavy atom. The van der Waals surface area contributed by atoms with Crippen molar-refractivity contribution in [2.75, 3.05) is 12.4 Å². The Morgan fingerprint density at radius 3 is 2.52 bits per heavy atom. The van der Waals surface area contributed by atoms with Crippen molar-refractivity contribution in [3.05, 3.63) is 76.3 Å². The smallest absolute Gasteiger partial charge is 0.238 e. The number of carbonyl (C=O) groups excluding carboxylic acids is 1. The Hall–Kier alpha value is -3.58. The van der Waals surface area contributed by atoms with Crippen LogP contribution in [0, 0.1) is 18.3 Å². The zero-order chi connectivity index (χ0) is 24.2. The van der Waals surface area contributed by atoms with E-state index < -0.39 is 10.0 Å². The number of amides is 1. The van der Waals surface area contributed by atoms with Crippen LogP contribution in [0.5, 0.6) is 17.2 Å². The van der Waals surface area contributed by atoms with E-state index in [0.717, 1.165) is 0 Å². The molecule has 0 unspecified atom stereocenters. The van der Waals surface area contributed by atoms with Crippen LogP contribution in [0.3, 0.4) is 0 Å². The maximum absolute atomic E-state index is 12.5. The third-order valence-corrected chi connectivity index (χ3v) is 5.75. The number of ether oxygens (including phenoxy) is 2. The van der Waals surface area contributed by atoms with Crippen molar-refractivity contribution in [2.24, 2.45) is 5.14 Å². The summed E-state index contributed by atoms with van der Waals surface area (Å²) in [5, 5.41) is 17.3. The van der Waals surface area contributed by atoms with Crippen LogP contribution >= 0.6 is 11.6 Å². The highest BCUT2D eigenvalue weighted by Gasteiger charge is 2.14. The SMILES string of the molecule is COc1cc(CC(=O)Nc2ccc(S(N)(=O)=O)cc2C)ccc1Oc1cc(Cl)cc(C#N)c1. The highest BCUT2D eigenvalue weighted by molar-refractivity contribution is 7.89. The summed E-state index contributed by atoms with van der Waals surface area (Å²) < 4.78 is 34.1. The van der Waals surface area contributed by atoms with Crippen LogP contribution in [0.1, 0.15) is 16.7 Å². The van der Waals surface area contributed by atoms with Gasteiger partial charge in [-0.15, -0.1) is 0 Å². The lowest BCUT2D eigenvalue weighted by atomic mass is 10.1. The summed E-state index contributed by atoms with van der Waals surface area (Å²) in [5.74, 6) is 0.863. The van der Waals surface area contributed by atoms with E-state index in [-0.39, 0.29) is 17.2 Å². The minimum absolute atomic E-state index is 0.0279. The van der Waals surface area contributed by atoms with Crippen LogP contribution in [0.25, 0.3) is 0 Å². The quantitative estimate of drug-likeness (QED) is 0.516. The molecule has 170 valence electrons. The summed E-state index contributed by atoms with van der Waals surface area (Å²) in [6.07, 6.45) is 0.0444.